The highest BCUT2D eigenvalue weighted by molar-refractivity contribution is 7.79. The highest BCUT2D eigenvalue weighted by Gasteiger charge is 2.38. The van der Waals surface area contributed by atoms with Crippen LogP contribution in [0.5, 0.6) is 5.75 Å². The predicted octanol–water partition coefficient (Wildman–Crippen LogP) is 3.46. The number of ether oxygens (including phenoxy) is 1. The molecule has 8 heteroatoms. The Bertz CT molecular complexity index is 486. The van der Waals surface area contributed by atoms with Gasteiger partial charge in [-0.25, -0.2) is 4.21 Å². The molecule has 4 nitrogen and oxygen atoms in total. The predicted molar refractivity (Wildman–Crippen MR) is 76.6 cm³/mol. The first-order valence-corrected chi connectivity index (χ1v) is 7.22. The van der Waals surface area contributed by atoms with Crippen molar-refractivity contribution in [2.45, 2.75) is 13.1 Å². The van der Waals surface area contributed by atoms with Crippen molar-refractivity contribution in [1.29, 1.82) is 0 Å². The first-order valence-electron chi connectivity index (χ1n) is 5.74. The molecule has 0 aliphatic heterocycles. The van der Waals surface area contributed by atoms with E-state index in [9.17, 15) is 17.4 Å². The second kappa shape index (κ2) is 9.17. The van der Waals surface area contributed by atoms with Crippen LogP contribution >= 0.6 is 0 Å². The van der Waals surface area contributed by atoms with Crippen LogP contribution in [0.4, 0.5) is 13.2 Å². The number of hydrogen-bond donors (Lipinski definition) is 0. The molecule has 0 saturated heterocycles. The fourth-order valence-corrected chi connectivity index (χ4v) is 1.41. The van der Waals surface area contributed by atoms with Crippen molar-refractivity contribution in [1.82, 2.24) is 0 Å². The molecule has 0 heterocycles. The summed E-state index contributed by atoms with van der Waals surface area (Å²) in [6.45, 7) is 8.18. The summed E-state index contributed by atoms with van der Waals surface area (Å²) >= 11 is -1.91. The van der Waals surface area contributed by atoms with Crippen molar-refractivity contribution < 1.29 is 26.4 Å². The summed E-state index contributed by atoms with van der Waals surface area (Å²) in [6, 6.07) is 5.20. The van der Waals surface area contributed by atoms with Gasteiger partial charge in [-0.15, -0.1) is 13.2 Å². The third kappa shape index (κ3) is 6.94. The van der Waals surface area contributed by atoms with Gasteiger partial charge in [0, 0.05) is 5.56 Å². The van der Waals surface area contributed by atoms with Gasteiger partial charge < -0.3 is 4.74 Å². The van der Waals surface area contributed by atoms with E-state index >= 15 is 0 Å². The first-order chi connectivity index (χ1) is 9.84. The molecule has 1 atom stereocenters. The molecule has 0 bridgehead atoms. The van der Waals surface area contributed by atoms with Gasteiger partial charge >= 0.3 is 6.18 Å². The molecule has 0 saturated carbocycles. The lowest BCUT2D eigenvalue weighted by Crippen LogP contribution is -2.24. The van der Waals surface area contributed by atoms with E-state index in [1.807, 2.05) is 0 Å². The number of hydrogen-bond acceptors (Lipinski definition) is 4. The second-order valence-electron chi connectivity index (χ2n) is 3.37. The standard InChI is InChI=1S/C11H12F3NO3S.C2H4/c1-3-17-9-6-4-8(5-7-9)10(11(12,13)14)15-18-19(2)16;1-2/h4-7H,3H2,1-2H3;1-2H2/b15-10+;. The first kappa shape index (κ1) is 19.2. The Morgan fingerprint density at radius 1 is 1.29 bits per heavy atom. The normalized spacial score (nSPS) is 12.9. The Hall–Kier alpha value is -1.83. The zero-order valence-electron chi connectivity index (χ0n) is 11.6. The van der Waals surface area contributed by atoms with Crippen LogP contribution in [0.3, 0.4) is 0 Å². The number of rotatable bonds is 5. The molecule has 0 fully saturated rings. The number of benzene rings is 1. The van der Waals surface area contributed by atoms with E-state index in [2.05, 4.69) is 22.6 Å². The van der Waals surface area contributed by atoms with Gasteiger partial charge in [0.05, 0.1) is 12.9 Å². The molecule has 21 heavy (non-hydrogen) atoms. The molecule has 0 amide bonds. The average molecular weight is 323 g/mol. The minimum absolute atomic E-state index is 0.193. The van der Waals surface area contributed by atoms with E-state index in [1.54, 1.807) is 6.92 Å². The van der Waals surface area contributed by atoms with Gasteiger partial charge in [-0.1, -0.05) is 5.16 Å². The Kier molecular flexibility index (Phi) is 8.37. The quantitative estimate of drug-likeness (QED) is 0.474. The van der Waals surface area contributed by atoms with Gasteiger partial charge in [0.15, 0.2) is 5.71 Å². The van der Waals surface area contributed by atoms with Gasteiger partial charge in [0.1, 0.15) is 5.75 Å². The number of alkyl halides is 3. The van der Waals surface area contributed by atoms with Crippen LogP contribution in [0.25, 0.3) is 0 Å². The maximum Gasteiger partial charge on any atom is 0.437 e. The van der Waals surface area contributed by atoms with Crippen molar-refractivity contribution in [2.24, 2.45) is 5.16 Å². The van der Waals surface area contributed by atoms with E-state index in [4.69, 9.17) is 4.74 Å². The Morgan fingerprint density at radius 2 is 1.81 bits per heavy atom. The molecule has 0 aliphatic rings. The summed E-state index contributed by atoms with van der Waals surface area (Å²) in [7, 11) is 0. The lowest BCUT2D eigenvalue weighted by atomic mass is 10.1. The molecule has 1 aromatic carbocycles. The minimum Gasteiger partial charge on any atom is -0.494 e. The van der Waals surface area contributed by atoms with Crippen molar-refractivity contribution in [3.63, 3.8) is 0 Å². The third-order valence-corrected chi connectivity index (χ3v) is 2.23. The van der Waals surface area contributed by atoms with Crippen LogP contribution in [0.1, 0.15) is 12.5 Å². The number of nitrogens with zero attached hydrogens (tertiary/aromatic N) is 1. The van der Waals surface area contributed by atoms with Crippen LogP contribution in [0, 0.1) is 0 Å². The SMILES string of the molecule is C=C.CCOc1ccc(/C(=N\OS(C)=O)C(F)(F)F)cc1. The summed E-state index contributed by atoms with van der Waals surface area (Å²) < 4.78 is 58.2. The third-order valence-electron chi connectivity index (χ3n) is 1.94. The fourth-order valence-electron chi connectivity index (χ4n) is 1.23. The minimum atomic E-state index is -4.70. The molecular weight excluding hydrogens is 307 g/mol. The van der Waals surface area contributed by atoms with E-state index in [-0.39, 0.29) is 5.56 Å². The molecule has 0 radical (unpaired) electrons. The highest BCUT2D eigenvalue weighted by atomic mass is 32.2. The average Bonchev–Trinajstić information content (AvgIpc) is 2.41. The van der Waals surface area contributed by atoms with Gasteiger partial charge in [-0.2, -0.15) is 13.2 Å². The molecule has 0 aromatic heterocycles. The van der Waals surface area contributed by atoms with Crippen molar-refractivity contribution in [3.05, 3.63) is 43.0 Å². The monoisotopic (exact) mass is 323 g/mol. The van der Waals surface area contributed by atoms with Crippen molar-refractivity contribution >= 4 is 16.8 Å². The summed E-state index contributed by atoms with van der Waals surface area (Å²) in [5, 5.41) is 2.89. The number of oxime groups is 1. The van der Waals surface area contributed by atoms with E-state index < -0.39 is 23.0 Å². The molecule has 0 aliphatic carbocycles. The van der Waals surface area contributed by atoms with Crippen LogP contribution in [0.2, 0.25) is 0 Å². The van der Waals surface area contributed by atoms with E-state index in [1.165, 1.54) is 24.3 Å². The van der Waals surface area contributed by atoms with Gasteiger partial charge in [-0.3, -0.25) is 4.28 Å². The lowest BCUT2D eigenvalue weighted by Gasteiger charge is -2.10. The smallest absolute Gasteiger partial charge is 0.437 e. The lowest BCUT2D eigenvalue weighted by molar-refractivity contribution is -0.0596. The maximum atomic E-state index is 12.8. The topological polar surface area (TPSA) is 47.9 Å². The molecule has 1 rings (SSSR count). The Balaban J connectivity index is 0.00000191. The van der Waals surface area contributed by atoms with Crippen LogP contribution in [-0.4, -0.2) is 29.0 Å². The van der Waals surface area contributed by atoms with Crippen LogP contribution in [-0.2, 0) is 15.4 Å². The zero-order chi connectivity index (χ0) is 16.5. The largest absolute Gasteiger partial charge is 0.494 e. The summed E-state index contributed by atoms with van der Waals surface area (Å²) in [5.41, 5.74) is -1.44. The maximum absolute atomic E-state index is 12.8. The summed E-state index contributed by atoms with van der Waals surface area (Å²) in [6.07, 6.45) is -3.62. The molecule has 1 aromatic rings. The highest BCUT2D eigenvalue weighted by Crippen LogP contribution is 2.24. The fraction of sp³-hybridized carbons (Fsp3) is 0.308. The Labute approximate surface area is 123 Å². The Morgan fingerprint density at radius 3 is 2.19 bits per heavy atom. The van der Waals surface area contributed by atoms with E-state index in [0.717, 1.165) is 6.26 Å². The van der Waals surface area contributed by atoms with E-state index in [0.29, 0.717) is 12.4 Å². The molecule has 1 unspecified atom stereocenters. The van der Waals surface area contributed by atoms with Crippen LogP contribution < -0.4 is 4.74 Å². The number of halogens is 3. The van der Waals surface area contributed by atoms with Crippen molar-refractivity contribution in [2.75, 3.05) is 12.9 Å². The second-order valence-corrected chi connectivity index (χ2v) is 4.32. The molecule has 0 N–H and O–H groups in total. The molecular formula is C13H16F3NO3S. The van der Waals surface area contributed by atoms with Gasteiger partial charge in [-0.05, 0) is 31.2 Å². The summed E-state index contributed by atoms with van der Waals surface area (Å²) in [5.74, 6) is 0.452. The molecule has 0 spiro atoms. The van der Waals surface area contributed by atoms with Gasteiger partial charge in [0.25, 0.3) is 0 Å². The molecule has 118 valence electrons. The van der Waals surface area contributed by atoms with Crippen LogP contribution in [0.15, 0.2) is 42.6 Å². The van der Waals surface area contributed by atoms with Crippen molar-refractivity contribution in [3.8, 4) is 5.75 Å². The summed E-state index contributed by atoms with van der Waals surface area (Å²) in [4.78, 5) is 0. The van der Waals surface area contributed by atoms with Gasteiger partial charge in [0.2, 0.25) is 11.1 Å². The zero-order valence-corrected chi connectivity index (χ0v) is 12.5.